The van der Waals surface area contributed by atoms with Gasteiger partial charge in [0.15, 0.2) is 0 Å². The highest BCUT2D eigenvalue weighted by atomic mass is 79.9. The molecule has 1 rings (SSSR count). The lowest BCUT2D eigenvalue weighted by Gasteiger charge is -2.03. The van der Waals surface area contributed by atoms with Gasteiger partial charge in [0.1, 0.15) is 0 Å². The first-order chi connectivity index (χ1) is 5.45. The molecule has 0 aromatic carbocycles. The van der Waals surface area contributed by atoms with Crippen molar-refractivity contribution in [2.24, 2.45) is 7.05 Å². The van der Waals surface area contributed by atoms with Crippen LogP contribution < -0.4 is 0 Å². The number of halogens is 4. The van der Waals surface area contributed by atoms with Crippen LogP contribution in [-0.2, 0) is 18.6 Å². The topological polar surface area (TPSA) is 17.8 Å². The normalized spacial score (nSPS) is 12.1. The zero-order valence-corrected chi connectivity index (χ0v) is 7.78. The molecular weight excluding hydrogens is 237 g/mol. The number of nitrogens with zero attached hydrogens (tertiary/aromatic N) is 2. The van der Waals surface area contributed by atoms with Crippen molar-refractivity contribution in [3.63, 3.8) is 0 Å². The summed E-state index contributed by atoms with van der Waals surface area (Å²) in [4.78, 5) is 0. The van der Waals surface area contributed by atoms with Crippen LogP contribution in [0.2, 0.25) is 0 Å². The van der Waals surface area contributed by atoms with Crippen molar-refractivity contribution < 1.29 is 13.2 Å². The first-order valence-electron chi connectivity index (χ1n) is 3.11. The minimum absolute atomic E-state index is 0.0185. The van der Waals surface area contributed by atoms with E-state index in [2.05, 4.69) is 21.0 Å². The van der Waals surface area contributed by atoms with Crippen molar-refractivity contribution in [3.8, 4) is 0 Å². The summed E-state index contributed by atoms with van der Waals surface area (Å²) in [5.41, 5.74) is -0.660. The summed E-state index contributed by atoms with van der Waals surface area (Å²) in [6.45, 7) is 0. The summed E-state index contributed by atoms with van der Waals surface area (Å²) in [6.07, 6.45) is -3.34. The van der Waals surface area contributed by atoms with E-state index in [9.17, 15) is 13.2 Å². The van der Waals surface area contributed by atoms with E-state index in [1.54, 1.807) is 0 Å². The Kier molecular flexibility index (Phi) is 2.46. The quantitative estimate of drug-likeness (QED) is 0.692. The molecule has 0 aliphatic rings. The summed E-state index contributed by atoms with van der Waals surface area (Å²) in [7, 11) is 1.46. The van der Waals surface area contributed by atoms with Gasteiger partial charge < -0.3 is 0 Å². The lowest BCUT2D eigenvalue weighted by atomic mass is 10.2. The van der Waals surface area contributed by atoms with Gasteiger partial charge >= 0.3 is 6.18 Å². The molecule has 0 fully saturated rings. The number of aromatic nitrogens is 2. The zero-order chi connectivity index (χ0) is 9.35. The van der Waals surface area contributed by atoms with Crippen molar-refractivity contribution >= 4 is 15.9 Å². The molecular formula is C6H6BrF3N2. The predicted molar refractivity (Wildman–Crippen MR) is 40.8 cm³/mol. The van der Waals surface area contributed by atoms with Crippen molar-refractivity contribution in [2.75, 3.05) is 0 Å². The van der Waals surface area contributed by atoms with Crippen molar-refractivity contribution in [2.45, 2.75) is 11.5 Å². The molecule has 1 aromatic rings. The Morgan fingerprint density at radius 1 is 1.58 bits per heavy atom. The molecule has 0 bridgehead atoms. The van der Waals surface area contributed by atoms with Crippen LogP contribution >= 0.6 is 15.9 Å². The Bertz CT molecular complexity index is 279. The van der Waals surface area contributed by atoms with E-state index in [0.717, 1.165) is 10.9 Å². The highest BCUT2D eigenvalue weighted by Crippen LogP contribution is 2.31. The highest BCUT2D eigenvalue weighted by Gasteiger charge is 2.35. The second-order valence-corrected chi connectivity index (χ2v) is 2.86. The molecule has 1 heterocycles. The monoisotopic (exact) mass is 242 g/mol. The fraction of sp³-hybridized carbons (Fsp3) is 0.500. The second kappa shape index (κ2) is 3.08. The maximum Gasteiger partial charge on any atom is 0.419 e. The molecule has 0 aliphatic heterocycles. The zero-order valence-electron chi connectivity index (χ0n) is 6.19. The number of aryl methyl sites for hydroxylation is 1. The molecule has 6 heteroatoms. The molecule has 0 amide bonds. The molecule has 0 unspecified atom stereocenters. The second-order valence-electron chi connectivity index (χ2n) is 2.29. The van der Waals surface area contributed by atoms with E-state index in [1.165, 1.54) is 7.05 Å². The number of rotatable bonds is 1. The fourth-order valence-corrected chi connectivity index (χ4v) is 1.28. The molecule has 0 saturated heterocycles. The lowest BCUT2D eigenvalue weighted by Crippen LogP contribution is -2.06. The lowest BCUT2D eigenvalue weighted by molar-refractivity contribution is -0.138. The van der Waals surface area contributed by atoms with Crippen molar-refractivity contribution in [1.82, 2.24) is 9.78 Å². The maximum atomic E-state index is 12.2. The molecule has 1 aromatic heterocycles. The van der Waals surface area contributed by atoms with E-state index in [1.807, 2.05) is 0 Å². The molecule has 0 saturated carbocycles. The third-order valence-corrected chi connectivity index (χ3v) is 1.87. The number of hydrogen-bond donors (Lipinski definition) is 0. The molecule has 2 nitrogen and oxygen atoms in total. The summed E-state index contributed by atoms with van der Waals surface area (Å²) < 4.78 is 37.7. The van der Waals surface area contributed by atoms with Gasteiger partial charge in [0, 0.05) is 18.6 Å². The van der Waals surface area contributed by atoms with Crippen LogP contribution in [0.3, 0.4) is 0 Å². The molecule has 12 heavy (non-hydrogen) atoms. The van der Waals surface area contributed by atoms with Crippen molar-refractivity contribution in [1.29, 1.82) is 0 Å². The van der Waals surface area contributed by atoms with Crippen LogP contribution in [0.25, 0.3) is 0 Å². The molecule has 0 radical (unpaired) electrons. The van der Waals surface area contributed by atoms with Gasteiger partial charge in [0.2, 0.25) is 0 Å². The molecule has 0 atom stereocenters. The van der Waals surface area contributed by atoms with Crippen LogP contribution in [0.1, 0.15) is 11.3 Å². The standard InChI is InChI=1S/C6H6BrF3N2/c1-12-3-4(6(8,9)10)5(2-7)11-12/h3H,2H2,1H3. The summed E-state index contributed by atoms with van der Waals surface area (Å²) >= 11 is 2.94. The van der Waals surface area contributed by atoms with E-state index in [-0.39, 0.29) is 11.0 Å². The van der Waals surface area contributed by atoms with Gasteiger partial charge in [-0.2, -0.15) is 18.3 Å². The molecule has 0 aliphatic carbocycles. The Labute approximate surface area is 75.5 Å². The highest BCUT2D eigenvalue weighted by molar-refractivity contribution is 9.08. The molecule has 0 spiro atoms. The summed E-state index contributed by atoms with van der Waals surface area (Å²) in [5.74, 6) is 0. The van der Waals surface area contributed by atoms with Crippen LogP contribution in [-0.4, -0.2) is 9.78 Å². The first-order valence-corrected chi connectivity index (χ1v) is 4.23. The fourth-order valence-electron chi connectivity index (χ4n) is 0.870. The largest absolute Gasteiger partial charge is 0.419 e. The van der Waals surface area contributed by atoms with Gasteiger partial charge in [0.05, 0.1) is 11.3 Å². The van der Waals surface area contributed by atoms with Crippen LogP contribution in [0.15, 0.2) is 6.20 Å². The number of alkyl halides is 4. The van der Waals surface area contributed by atoms with Gasteiger partial charge in [-0.05, 0) is 0 Å². The Morgan fingerprint density at radius 3 is 2.50 bits per heavy atom. The van der Waals surface area contributed by atoms with Gasteiger partial charge in [-0.15, -0.1) is 0 Å². The van der Waals surface area contributed by atoms with Gasteiger partial charge in [-0.3, -0.25) is 4.68 Å². The van der Waals surface area contributed by atoms with Crippen LogP contribution in [0, 0.1) is 0 Å². The summed E-state index contributed by atoms with van der Waals surface area (Å²) in [5, 5.41) is 3.76. The number of hydrogen-bond acceptors (Lipinski definition) is 1. The minimum Gasteiger partial charge on any atom is -0.275 e. The van der Waals surface area contributed by atoms with E-state index in [0.29, 0.717) is 0 Å². The average molecular weight is 243 g/mol. The Hall–Kier alpha value is -0.520. The predicted octanol–water partition coefficient (Wildman–Crippen LogP) is 2.33. The van der Waals surface area contributed by atoms with Gasteiger partial charge in [-0.1, -0.05) is 15.9 Å². The van der Waals surface area contributed by atoms with Crippen LogP contribution in [0.5, 0.6) is 0 Å². The Morgan fingerprint density at radius 2 is 2.17 bits per heavy atom. The Balaban J connectivity index is 3.13. The first kappa shape index (κ1) is 9.57. The van der Waals surface area contributed by atoms with Gasteiger partial charge in [-0.25, -0.2) is 0 Å². The van der Waals surface area contributed by atoms with Gasteiger partial charge in [0.25, 0.3) is 0 Å². The smallest absolute Gasteiger partial charge is 0.275 e. The molecule has 0 N–H and O–H groups in total. The summed E-state index contributed by atoms with van der Waals surface area (Å²) in [6, 6.07) is 0. The van der Waals surface area contributed by atoms with E-state index in [4.69, 9.17) is 0 Å². The third kappa shape index (κ3) is 1.80. The SMILES string of the molecule is Cn1cc(C(F)(F)F)c(CBr)n1. The average Bonchev–Trinajstić information content (AvgIpc) is 2.29. The maximum absolute atomic E-state index is 12.2. The van der Waals surface area contributed by atoms with Crippen LogP contribution in [0.4, 0.5) is 13.2 Å². The third-order valence-electron chi connectivity index (χ3n) is 1.34. The van der Waals surface area contributed by atoms with Crippen molar-refractivity contribution in [3.05, 3.63) is 17.5 Å². The minimum atomic E-state index is -4.31. The van der Waals surface area contributed by atoms with E-state index < -0.39 is 11.7 Å². The molecule has 68 valence electrons. The van der Waals surface area contributed by atoms with E-state index >= 15 is 0 Å².